The highest BCUT2D eigenvalue weighted by atomic mass is 19.1. The van der Waals surface area contributed by atoms with Crippen LogP contribution >= 0.6 is 0 Å². The Morgan fingerprint density at radius 1 is 1.28 bits per heavy atom. The Morgan fingerprint density at radius 3 is 2.67 bits per heavy atom. The Labute approximate surface area is 103 Å². The van der Waals surface area contributed by atoms with Crippen LogP contribution in [0.1, 0.15) is 5.56 Å². The van der Waals surface area contributed by atoms with Crippen LogP contribution in [-0.2, 0) is 0 Å². The smallest absolute Gasteiger partial charge is 0.170 e. The zero-order valence-electron chi connectivity index (χ0n) is 9.49. The predicted molar refractivity (Wildman–Crippen MR) is 63.8 cm³/mol. The lowest BCUT2D eigenvalue weighted by Crippen LogP contribution is -2.00. The van der Waals surface area contributed by atoms with E-state index in [1.54, 1.807) is 18.2 Å². The molecule has 0 aromatic heterocycles. The first-order valence-corrected chi connectivity index (χ1v) is 5.31. The van der Waals surface area contributed by atoms with Gasteiger partial charge in [-0.3, -0.25) is 0 Å². The van der Waals surface area contributed by atoms with Gasteiger partial charge in [-0.05, 0) is 17.7 Å². The summed E-state index contributed by atoms with van der Waals surface area (Å²) in [5.74, 6) is -0.348. The molecule has 2 aromatic rings. The highest BCUT2D eigenvalue weighted by molar-refractivity contribution is 5.90. The Kier molecular flexibility index (Phi) is 2.05. The van der Waals surface area contributed by atoms with Gasteiger partial charge in [0.15, 0.2) is 11.5 Å². The van der Waals surface area contributed by atoms with Crippen molar-refractivity contribution in [2.45, 2.75) is 0 Å². The summed E-state index contributed by atoms with van der Waals surface area (Å²) in [6.07, 6.45) is 0. The molecular formula is C14H8FNO2. The summed E-state index contributed by atoms with van der Waals surface area (Å²) >= 11 is 0. The van der Waals surface area contributed by atoms with Gasteiger partial charge in [0.25, 0.3) is 0 Å². The zero-order valence-corrected chi connectivity index (χ0v) is 9.49. The number of hydrogen-bond acceptors (Lipinski definition) is 3. The number of phenolic OH excluding ortho intramolecular Hbond substituents is 1. The van der Waals surface area contributed by atoms with Crippen LogP contribution in [0, 0.1) is 17.1 Å². The minimum absolute atomic E-state index is 0.0629. The molecule has 0 amide bonds. The van der Waals surface area contributed by atoms with Crippen LogP contribution in [-0.4, -0.2) is 12.2 Å². The molecule has 0 saturated carbocycles. The second kappa shape index (κ2) is 3.47. The number of methoxy groups -OCH3 is 1. The van der Waals surface area contributed by atoms with Crippen molar-refractivity contribution >= 4 is 0 Å². The molecule has 4 aliphatic carbocycles. The molecule has 0 fully saturated rings. The molecule has 0 atom stereocenters. The number of phenols is 1. The lowest BCUT2D eigenvalue weighted by Gasteiger charge is -2.20. The van der Waals surface area contributed by atoms with Crippen LogP contribution < -0.4 is 4.74 Å². The van der Waals surface area contributed by atoms with Crippen LogP contribution in [0.5, 0.6) is 11.5 Å². The summed E-state index contributed by atoms with van der Waals surface area (Å²) in [7, 11) is 1.38. The third kappa shape index (κ3) is 1.16. The first-order chi connectivity index (χ1) is 8.67. The molecule has 18 heavy (non-hydrogen) atoms. The van der Waals surface area contributed by atoms with Gasteiger partial charge in [0.1, 0.15) is 5.82 Å². The number of rotatable bonds is 1. The fraction of sp³-hybridized carbons (Fsp3) is 0.0714. The van der Waals surface area contributed by atoms with Crippen molar-refractivity contribution in [2.75, 3.05) is 7.11 Å². The van der Waals surface area contributed by atoms with Crippen molar-refractivity contribution in [1.82, 2.24) is 0 Å². The number of nitriles is 1. The molecule has 0 saturated heterocycles. The lowest BCUT2D eigenvalue weighted by atomic mass is 9.88. The van der Waals surface area contributed by atoms with E-state index < -0.39 is 5.82 Å². The highest BCUT2D eigenvalue weighted by Crippen LogP contribution is 2.49. The van der Waals surface area contributed by atoms with E-state index in [1.165, 1.54) is 13.2 Å². The van der Waals surface area contributed by atoms with E-state index in [2.05, 4.69) is 0 Å². The summed E-state index contributed by atoms with van der Waals surface area (Å²) in [6, 6.07) is 8.21. The first kappa shape index (κ1) is 10.6. The molecule has 0 radical (unpaired) electrons. The molecule has 4 aliphatic rings. The molecule has 2 aromatic carbocycles. The maximum Gasteiger partial charge on any atom is 0.170 e. The Balaban J connectivity index is 2.56. The average molecular weight is 241 g/mol. The quantitative estimate of drug-likeness (QED) is 0.712. The molecule has 88 valence electrons. The van der Waals surface area contributed by atoms with Crippen molar-refractivity contribution in [1.29, 1.82) is 5.26 Å². The maximum absolute atomic E-state index is 13.9. The number of benzene rings is 2. The number of hydrogen-bond donors (Lipinski definition) is 1. The van der Waals surface area contributed by atoms with E-state index in [0.717, 1.165) is 0 Å². The minimum atomic E-state index is -0.428. The summed E-state index contributed by atoms with van der Waals surface area (Å²) in [5.41, 5.74) is 1.77. The van der Waals surface area contributed by atoms with Gasteiger partial charge in [0.2, 0.25) is 0 Å². The number of halogens is 1. The van der Waals surface area contributed by atoms with Gasteiger partial charge in [-0.25, -0.2) is 4.39 Å². The van der Waals surface area contributed by atoms with Gasteiger partial charge in [-0.1, -0.05) is 12.1 Å². The van der Waals surface area contributed by atoms with Gasteiger partial charge in [-0.15, -0.1) is 0 Å². The topological polar surface area (TPSA) is 53.2 Å². The fourth-order valence-electron chi connectivity index (χ4n) is 2.31. The Hall–Kier alpha value is -2.54. The minimum Gasteiger partial charge on any atom is -0.504 e. The molecular weight excluding hydrogens is 233 g/mol. The summed E-state index contributed by atoms with van der Waals surface area (Å²) in [4.78, 5) is 0. The van der Waals surface area contributed by atoms with E-state index in [4.69, 9.17) is 10.00 Å². The summed E-state index contributed by atoms with van der Waals surface area (Å²) in [6.45, 7) is 0. The molecule has 3 nitrogen and oxygen atoms in total. The third-order valence-corrected chi connectivity index (χ3v) is 3.13. The zero-order chi connectivity index (χ0) is 12.9. The van der Waals surface area contributed by atoms with Crippen molar-refractivity contribution < 1.29 is 14.2 Å². The Bertz CT molecular complexity index is 717. The number of aromatic hydroxyl groups is 1. The van der Waals surface area contributed by atoms with Crippen molar-refractivity contribution in [3.05, 3.63) is 35.6 Å². The molecule has 6 rings (SSSR count). The van der Waals surface area contributed by atoms with E-state index >= 15 is 0 Å². The average Bonchev–Trinajstić information content (AvgIpc) is 2.35. The molecule has 0 spiro atoms. The SMILES string of the molecule is COc1c(O)c2cc(C#N)c1-c1ccc-2cc1F. The normalized spacial score (nSPS) is 10.9. The monoisotopic (exact) mass is 241 g/mol. The van der Waals surface area contributed by atoms with Gasteiger partial charge < -0.3 is 9.84 Å². The standard InChI is InChI=1S/C14H8FNO2/c1-18-14-12-8(6-16)4-10(13(14)17)7-2-3-9(12)11(15)5-7/h2-5,17H,1H3. The van der Waals surface area contributed by atoms with Gasteiger partial charge in [-0.2, -0.15) is 5.26 Å². The summed E-state index contributed by atoms with van der Waals surface area (Å²) in [5, 5.41) is 19.3. The summed E-state index contributed by atoms with van der Waals surface area (Å²) < 4.78 is 19.1. The van der Waals surface area contributed by atoms with E-state index in [0.29, 0.717) is 22.3 Å². The van der Waals surface area contributed by atoms with Gasteiger partial charge in [0, 0.05) is 16.7 Å². The molecule has 0 unspecified atom stereocenters. The van der Waals surface area contributed by atoms with E-state index in [-0.39, 0.29) is 17.1 Å². The van der Waals surface area contributed by atoms with Crippen molar-refractivity contribution in [2.24, 2.45) is 0 Å². The molecule has 4 heteroatoms. The number of ether oxygens (including phenoxy) is 1. The Morgan fingerprint density at radius 2 is 2.06 bits per heavy atom. The number of nitrogens with zero attached hydrogens (tertiary/aromatic N) is 1. The lowest BCUT2D eigenvalue weighted by molar-refractivity contribution is 0.375. The predicted octanol–water partition coefficient (Wildman–Crippen LogP) is 3.06. The van der Waals surface area contributed by atoms with Crippen LogP contribution in [0.3, 0.4) is 0 Å². The van der Waals surface area contributed by atoms with Crippen molar-refractivity contribution in [3.63, 3.8) is 0 Å². The molecule has 0 heterocycles. The van der Waals surface area contributed by atoms with Crippen molar-refractivity contribution in [3.8, 4) is 39.8 Å². The third-order valence-electron chi connectivity index (χ3n) is 3.13. The van der Waals surface area contributed by atoms with Crippen LogP contribution in [0.25, 0.3) is 22.3 Å². The molecule has 4 bridgehead atoms. The second-order valence-electron chi connectivity index (χ2n) is 4.03. The fourth-order valence-corrected chi connectivity index (χ4v) is 2.31. The van der Waals surface area contributed by atoms with Gasteiger partial charge in [0.05, 0.1) is 18.7 Å². The highest BCUT2D eigenvalue weighted by Gasteiger charge is 2.26. The second-order valence-corrected chi connectivity index (χ2v) is 4.03. The van der Waals surface area contributed by atoms with Gasteiger partial charge >= 0.3 is 0 Å². The molecule has 0 aliphatic heterocycles. The maximum atomic E-state index is 13.9. The molecule has 1 N–H and O–H groups in total. The van der Waals surface area contributed by atoms with E-state index in [9.17, 15) is 9.50 Å². The van der Waals surface area contributed by atoms with Crippen LogP contribution in [0.15, 0.2) is 24.3 Å². The van der Waals surface area contributed by atoms with Crippen LogP contribution in [0.4, 0.5) is 4.39 Å². The first-order valence-electron chi connectivity index (χ1n) is 5.31. The van der Waals surface area contributed by atoms with E-state index in [1.807, 2.05) is 6.07 Å². The largest absolute Gasteiger partial charge is 0.504 e. The van der Waals surface area contributed by atoms with Crippen LogP contribution in [0.2, 0.25) is 0 Å².